The summed E-state index contributed by atoms with van der Waals surface area (Å²) >= 11 is 0. The molecule has 16 heavy (non-hydrogen) atoms. The van der Waals surface area contributed by atoms with Gasteiger partial charge in [0, 0.05) is 25.0 Å². The van der Waals surface area contributed by atoms with Crippen LogP contribution in [-0.2, 0) is 7.05 Å². The zero-order valence-electron chi connectivity index (χ0n) is 10.6. The second-order valence-corrected chi connectivity index (χ2v) is 4.26. The van der Waals surface area contributed by atoms with E-state index in [1.165, 1.54) is 0 Å². The predicted molar refractivity (Wildman–Crippen MR) is 66.8 cm³/mol. The molecule has 0 saturated heterocycles. The maximum atomic E-state index is 12.0. The third-order valence-electron chi connectivity index (χ3n) is 2.60. The van der Waals surface area contributed by atoms with Crippen molar-refractivity contribution < 1.29 is 4.79 Å². The van der Waals surface area contributed by atoms with Crippen molar-refractivity contribution in [2.45, 2.75) is 26.7 Å². The van der Waals surface area contributed by atoms with Crippen molar-refractivity contribution in [1.29, 1.82) is 0 Å². The van der Waals surface area contributed by atoms with Gasteiger partial charge in [0.05, 0.1) is 6.54 Å². The number of hydrogen-bond donors (Lipinski definition) is 0. The summed E-state index contributed by atoms with van der Waals surface area (Å²) in [7, 11) is 1.94. The fourth-order valence-corrected chi connectivity index (χ4v) is 1.87. The SMILES string of the molecule is CCCN(CCC)CC(=O)c1ccn(C)c1. The van der Waals surface area contributed by atoms with Gasteiger partial charge in [-0.3, -0.25) is 9.69 Å². The average Bonchev–Trinajstić information content (AvgIpc) is 2.65. The summed E-state index contributed by atoms with van der Waals surface area (Å²) < 4.78 is 1.91. The molecule has 3 nitrogen and oxygen atoms in total. The molecule has 1 aromatic rings. The molecule has 1 aromatic heterocycles. The van der Waals surface area contributed by atoms with Crippen molar-refractivity contribution in [1.82, 2.24) is 9.47 Å². The van der Waals surface area contributed by atoms with Gasteiger partial charge in [0.2, 0.25) is 0 Å². The van der Waals surface area contributed by atoms with E-state index in [0.717, 1.165) is 31.5 Å². The molecule has 1 rings (SSSR count). The van der Waals surface area contributed by atoms with E-state index >= 15 is 0 Å². The minimum absolute atomic E-state index is 0.225. The van der Waals surface area contributed by atoms with Gasteiger partial charge in [0.1, 0.15) is 0 Å². The standard InChI is InChI=1S/C13H22N2O/c1-4-7-15(8-5-2)11-13(16)12-6-9-14(3)10-12/h6,9-10H,4-5,7-8,11H2,1-3H3. The summed E-state index contributed by atoms with van der Waals surface area (Å²) in [6.45, 7) is 6.86. The molecule has 0 aromatic carbocycles. The molecule has 0 bridgehead atoms. The number of Topliss-reactive ketones (excluding diaryl/α,β-unsaturated/α-hetero) is 1. The van der Waals surface area contributed by atoms with Gasteiger partial charge < -0.3 is 4.57 Å². The van der Waals surface area contributed by atoms with Crippen LogP contribution in [0.15, 0.2) is 18.5 Å². The van der Waals surface area contributed by atoms with Crippen LogP contribution in [-0.4, -0.2) is 34.9 Å². The first-order chi connectivity index (χ1) is 7.67. The molecule has 3 heteroatoms. The first kappa shape index (κ1) is 13.0. The molecule has 0 aliphatic carbocycles. The Kier molecular flexibility index (Phi) is 5.26. The second-order valence-electron chi connectivity index (χ2n) is 4.26. The first-order valence-corrected chi connectivity index (χ1v) is 6.04. The highest BCUT2D eigenvalue weighted by Gasteiger charge is 2.11. The zero-order valence-corrected chi connectivity index (χ0v) is 10.6. The highest BCUT2D eigenvalue weighted by atomic mass is 16.1. The molecule has 0 radical (unpaired) electrons. The van der Waals surface area contributed by atoms with Gasteiger partial charge in [-0.05, 0) is 32.0 Å². The number of carbonyl (C=O) groups is 1. The summed E-state index contributed by atoms with van der Waals surface area (Å²) in [5, 5.41) is 0. The third kappa shape index (κ3) is 3.81. The van der Waals surface area contributed by atoms with Gasteiger partial charge in [-0.15, -0.1) is 0 Å². The van der Waals surface area contributed by atoms with Crippen molar-refractivity contribution in [3.05, 3.63) is 24.0 Å². The van der Waals surface area contributed by atoms with Crippen molar-refractivity contribution >= 4 is 5.78 Å². The van der Waals surface area contributed by atoms with Gasteiger partial charge in [-0.25, -0.2) is 0 Å². The van der Waals surface area contributed by atoms with Crippen LogP contribution in [0, 0.1) is 0 Å². The lowest BCUT2D eigenvalue weighted by Gasteiger charge is -2.19. The number of rotatable bonds is 7. The van der Waals surface area contributed by atoms with Crippen LogP contribution in [0.4, 0.5) is 0 Å². The maximum Gasteiger partial charge on any atom is 0.178 e. The van der Waals surface area contributed by atoms with Crippen molar-refractivity contribution in [2.24, 2.45) is 7.05 Å². The first-order valence-electron chi connectivity index (χ1n) is 6.04. The van der Waals surface area contributed by atoms with Crippen LogP contribution in [0.5, 0.6) is 0 Å². The van der Waals surface area contributed by atoms with E-state index in [4.69, 9.17) is 0 Å². The van der Waals surface area contributed by atoms with E-state index in [-0.39, 0.29) is 5.78 Å². The average molecular weight is 222 g/mol. The number of aryl methyl sites for hydroxylation is 1. The molecule has 0 amide bonds. The highest BCUT2D eigenvalue weighted by Crippen LogP contribution is 2.04. The Labute approximate surface area is 98.1 Å². The zero-order chi connectivity index (χ0) is 12.0. The Hall–Kier alpha value is -1.09. The summed E-state index contributed by atoms with van der Waals surface area (Å²) in [6.07, 6.45) is 6.00. The monoisotopic (exact) mass is 222 g/mol. The Morgan fingerprint density at radius 2 is 1.94 bits per heavy atom. The van der Waals surface area contributed by atoms with E-state index in [1.807, 2.05) is 30.1 Å². The molecular formula is C13H22N2O. The smallest absolute Gasteiger partial charge is 0.178 e. The van der Waals surface area contributed by atoms with E-state index in [2.05, 4.69) is 18.7 Å². The molecule has 0 N–H and O–H groups in total. The van der Waals surface area contributed by atoms with Gasteiger partial charge in [-0.2, -0.15) is 0 Å². The fraction of sp³-hybridized carbons (Fsp3) is 0.615. The number of aromatic nitrogens is 1. The number of carbonyl (C=O) groups excluding carboxylic acids is 1. The van der Waals surface area contributed by atoms with Gasteiger partial charge in [-0.1, -0.05) is 13.8 Å². The van der Waals surface area contributed by atoms with E-state index < -0.39 is 0 Å². The predicted octanol–water partition coefficient (Wildman–Crippen LogP) is 2.33. The molecule has 1 heterocycles. The minimum atomic E-state index is 0.225. The van der Waals surface area contributed by atoms with Crippen molar-refractivity contribution in [3.63, 3.8) is 0 Å². The Bertz CT molecular complexity index is 324. The van der Waals surface area contributed by atoms with Crippen LogP contribution in [0.3, 0.4) is 0 Å². The largest absolute Gasteiger partial charge is 0.357 e. The summed E-state index contributed by atoms with van der Waals surface area (Å²) in [5.74, 6) is 0.225. The maximum absolute atomic E-state index is 12.0. The van der Waals surface area contributed by atoms with Crippen molar-refractivity contribution in [2.75, 3.05) is 19.6 Å². The normalized spacial score (nSPS) is 11.0. The summed E-state index contributed by atoms with van der Waals surface area (Å²) in [6, 6.07) is 1.89. The molecular weight excluding hydrogens is 200 g/mol. The molecule has 0 spiro atoms. The van der Waals surface area contributed by atoms with Crippen LogP contribution < -0.4 is 0 Å². The van der Waals surface area contributed by atoms with Gasteiger partial charge in [0.15, 0.2) is 5.78 Å². The van der Waals surface area contributed by atoms with Crippen LogP contribution in [0.2, 0.25) is 0 Å². The van der Waals surface area contributed by atoms with Crippen LogP contribution in [0.1, 0.15) is 37.0 Å². The Morgan fingerprint density at radius 1 is 1.31 bits per heavy atom. The second kappa shape index (κ2) is 6.48. The Morgan fingerprint density at radius 3 is 2.38 bits per heavy atom. The van der Waals surface area contributed by atoms with Crippen LogP contribution >= 0.6 is 0 Å². The molecule has 0 atom stereocenters. The topological polar surface area (TPSA) is 25.2 Å². The van der Waals surface area contributed by atoms with E-state index in [0.29, 0.717) is 6.54 Å². The van der Waals surface area contributed by atoms with Crippen LogP contribution in [0.25, 0.3) is 0 Å². The lowest BCUT2D eigenvalue weighted by molar-refractivity contribution is 0.0930. The molecule has 0 saturated carbocycles. The summed E-state index contributed by atoms with van der Waals surface area (Å²) in [5.41, 5.74) is 0.819. The van der Waals surface area contributed by atoms with Gasteiger partial charge >= 0.3 is 0 Å². The lowest BCUT2D eigenvalue weighted by atomic mass is 10.2. The van der Waals surface area contributed by atoms with E-state index in [9.17, 15) is 4.79 Å². The summed E-state index contributed by atoms with van der Waals surface area (Å²) in [4.78, 5) is 14.2. The molecule has 0 fully saturated rings. The lowest BCUT2D eigenvalue weighted by Crippen LogP contribution is -2.31. The number of ketones is 1. The minimum Gasteiger partial charge on any atom is -0.357 e. The number of nitrogens with zero attached hydrogens (tertiary/aromatic N) is 2. The molecule has 0 aliphatic rings. The highest BCUT2D eigenvalue weighted by molar-refractivity contribution is 5.97. The van der Waals surface area contributed by atoms with Gasteiger partial charge in [0.25, 0.3) is 0 Å². The number of hydrogen-bond acceptors (Lipinski definition) is 2. The third-order valence-corrected chi connectivity index (χ3v) is 2.60. The molecule has 0 aliphatic heterocycles. The quantitative estimate of drug-likeness (QED) is 0.662. The molecule has 0 unspecified atom stereocenters. The van der Waals surface area contributed by atoms with Crippen molar-refractivity contribution in [3.8, 4) is 0 Å². The molecule has 90 valence electrons. The fourth-order valence-electron chi connectivity index (χ4n) is 1.87. The van der Waals surface area contributed by atoms with E-state index in [1.54, 1.807) is 0 Å². The Balaban J connectivity index is 2.54.